The zero-order valence-corrected chi connectivity index (χ0v) is 15.8. The van der Waals surface area contributed by atoms with Crippen molar-refractivity contribution in [3.63, 3.8) is 0 Å². The first-order valence-electron chi connectivity index (χ1n) is 8.74. The zero-order valence-electron chi connectivity index (χ0n) is 14.3. The van der Waals surface area contributed by atoms with Gasteiger partial charge in [-0.2, -0.15) is 0 Å². The normalized spacial score (nSPS) is 15.4. The van der Waals surface area contributed by atoms with Gasteiger partial charge in [0.2, 0.25) is 5.91 Å². The summed E-state index contributed by atoms with van der Waals surface area (Å²) < 4.78 is 0. The number of carbonyl (C=O) groups is 1. The maximum atomic E-state index is 12.1. The Morgan fingerprint density at radius 2 is 1.96 bits per heavy atom. The number of rotatable bonds is 7. The molecule has 1 fully saturated rings. The number of carbonyl (C=O) groups excluding carboxylic acids is 1. The fourth-order valence-electron chi connectivity index (χ4n) is 3.04. The van der Waals surface area contributed by atoms with Crippen molar-refractivity contribution in [1.29, 1.82) is 0 Å². The highest BCUT2D eigenvalue weighted by atomic mass is 35.5. The van der Waals surface area contributed by atoms with Crippen molar-refractivity contribution < 1.29 is 4.79 Å². The Labute approximate surface area is 158 Å². The Morgan fingerprint density at radius 1 is 1.20 bits per heavy atom. The lowest BCUT2D eigenvalue weighted by Crippen LogP contribution is -2.44. The van der Waals surface area contributed by atoms with Gasteiger partial charge in [0, 0.05) is 48.0 Å². The first kappa shape index (κ1) is 18.5. The molecule has 0 unspecified atom stereocenters. The molecule has 2 N–H and O–H groups in total. The smallest absolute Gasteiger partial charge is 0.230 e. The summed E-state index contributed by atoms with van der Waals surface area (Å²) in [6, 6.07) is 12.0. The van der Waals surface area contributed by atoms with Crippen LogP contribution in [0.2, 0.25) is 5.02 Å². The van der Waals surface area contributed by atoms with E-state index in [4.69, 9.17) is 11.6 Å². The molecule has 25 heavy (non-hydrogen) atoms. The van der Waals surface area contributed by atoms with Gasteiger partial charge in [-0.1, -0.05) is 35.9 Å². The first-order valence-corrected chi connectivity index (χ1v) is 10.1. The molecule has 2 aromatic rings. The van der Waals surface area contributed by atoms with E-state index >= 15 is 0 Å². The molecule has 134 valence electrons. The minimum absolute atomic E-state index is 0.0781. The Balaban J connectivity index is 1.43. The van der Waals surface area contributed by atoms with Crippen molar-refractivity contribution in [3.8, 4) is 0 Å². The van der Waals surface area contributed by atoms with Crippen LogP contribution < -0.4 is 10.6 Å². The third-order valence-corrected chi connectivity index (χ3v) is 5.73. The fraction of sp³-hybridized carbons (Fsp3) is 0.421. The lowest BCUT2D eigenvalue weighted by atomic mass is 10.1. The van der Waals surface area contributed by atoms with Gasteiger partial charge >= 0.3 is 0 Å². The van der Waals surface area contributed by atoms with Crippen LogP contribution in [-0.4, -0.2) is 55.8 Å². The molecule has 1 heterocycles. The minimum atomic E-state index is 0.0781. The Bertz CT molecular complexity index is 714. The molecule has 6 heteroatoms. The molecule has 1 saturated heterocycles. The van der Waals surface area contributed by atoms with Crippen LogP contribution in [0.5, 0.6) is 0 Å². The van der Waals surface area contributed by atoms with Crippen LogP contribution in [0.3, 0.4) is 0 Å². The Kier molecular flexibility index (Phi) is 6.99. The van der Waals surface area contributed by atoms with Gasteiger partial charge < -0.3 is 15.5 Å². The van der Waals surface area contributed by atoms with Gasteiger partial charge in [0.05, 0.1) is 5.75 Å². The van der Waals surface area contributed by atoms with E-state index in [1.54, 1.807) is 11.8 Å². The summed E-state index contributed by atoms with van der Waals surface area (Å²) in [6.07, 6.45) is 0.997. The Hall–Kier alpha value is -1.27. The molecular formula is C19H24ClN3OS. The van der Waals surface area contributed by atoms with Crippen LogP contribution in [0.4, 0.5) is 0 Å². The maximum absolute atomic E-state index is 12.1. The summed E-state index contributed by atoms with van der Waals surface area (Å²) >= 11 is 7.87. The molecule has 0 saturated carbocycles. The Morgan fingerprint density at radius 3 is 2.76 bits per heavy atom. The number of halogens is 1. The molecule has 2 aromatic carbocycles. The summed E-state index contributed by atoms with van der Waals surface area (Å²) in [6.45, 7) is 6.12. The molecule has 1 amide bonds. The van der Waals surface area contributed by atoms with Crippen molar-refractivity contribution in [1.82, 2.24) is 15.5 Å². The van der Waals surface area contributed by atoms with Gasteiger partial charge in [-0.25, -0.2) is 0 Å². The number of amides is 1. The van der Waals surface area contributed by atoms with Crippen molar-refractivity contribution in [2.75, 3.05) is 45.0 Å². The monoisotopic (exact) mass is 377 g/mol. The molecule has 0 spiro atoms. The van der Waals surface area contributed by atoms with Gasteiger partial charge in [0.25, 0.3) is 0 Å². The third-order valence-electron chi connectivity index (χ3n) is 4.36. The zero-order chi connectivity index (χ0) is 17.5. The molecule has 1 aliphatic heterocycles. The van der Waals surface area contributed by atoms with Gasteiger partial charge in [-0.3, -0.25) is 4.79 Å². The van der Waals surface area contributed by atoms with Crippen LogP contribution in [-0.2, 0) is 4.79 Å². The summed E-state index contributed by atoms with van der Waals surface area (Å²) in [5, 5.41) is 9.24. The summed E-state index contributed by atoms with van der Waals surface area (Å²) in [5.41, 5.74) is 0. The number of benzene rings is 2. The van der Waals surface area contributed by atoms with E-state index in [1.807, 2.05) is 36.4 Å². The number of nitrogens with one attached hydrogen (secondary N) is 2. The molecule has 3 rings (SSSR count). The van der Waals surface area contributed by atoms with E-state index in [0.29, 0.717) is 5.75 Å². The van der Waals surface area contributed by atoms with Crippen LogP contribution >= 0.6 is 23.4 Å². The summed E-state index contributed by atoms with van der Waals surface area (Å²) in [5.74, 6) is 0.493. The second-order valence-electron chi connectivity index (χ2n) is 6.18. The van der Waals surface area contributed by atoms with E-state index in [0.717, 1.165) is 66.4 Å². The highest BCUT2D eigenvalue weighted by molar-refractivity contribution is 8.00. The van der Waals surface area contributed by atoms with E-state index in [2.05, 4.69) is 15.5 Å². The number of piperazine rings is 1. The number of fused-ring (bicyclic) bond motifs is 1. The van der Waals surface area contributed by atoms with Crippen LogP contribution in [0.1, 0.15) is 6.42 Å². The molecule has 0 radical (unpaired) electrons. The second-order valence-corrected chi connectivity index (χ2v) is 7.60. The summed E-state index contributed by atoms with van der Waals surface area (Å²) in [4.78, 5) is 15.6. The highest BCUT2D eigenvalue weighted by Gasteiger charge is 2.10. The van der Waals surface area contributed by atoms with Gasteiger partial charge in [0.1, 0.15) is 0 Å². The van der Waals surface area contributed by atoms with Gasteiger partial charge in [-0.15, -0.1) is 11.8 Å². The van der Waals surface area contributed by atoms with E-state index in [-0.39, 0.29) is 5.91 Å². The number of thioether (sulfide) groups is 1. The van der Waals surface area contributed by atoms with Gasteiger partial charge in [0.15, 0.2) is 0 Å². The number of nitrogens with zero attached hydrogens (tertiary/aromatic N) is 1. The SMILES string of the molecule is O=C(CSc1cccc2cccc(Cl)c12)NCCCN1CCNCC1. The number of hydrogen-bond donors (Lipinski definition) is 2. The number of hydrogen-bond acceptors (Lipinski definition) is 4. The standard InChI is InChI=1S/C19H24ClN3OS/c20-16-6-1-4-15-5-2-7-17(19(15)16)25-14-18(24)22-8-3-11-23-12-9-21-10-13-23/h1-2,4-7,21H,3,8-14H2,(H,22,24). The molecule has 0 bridgehead atoms. The van der Waals surface area contributed by atoms with E-state index in [9.17, 15) is 4.79 Å². The maximum Gasteiger partial charge on any atom is 0.230 e. The second kappa shape index (κ2) is 9.43. The minimum Gasteiger partial charge on any atom is -0.355 e. The average Bonchev–Trinajstić information content (AvgIpc) is 2.64. The topological polar surface area (TPSA) is 44.4 Å². The van der Waals surface area contributed by atoms with Crippen LogP contribution in [0, 0.1) is 0 Å². The average molecular weight is 378 g/mol. The predicted octanol–water partition coefficient (Wildman–Crippen LogP) is 3.00. The summed E-state index contributed by atoms with van der Waals surface area (Å²) in [7, 11) is 0. The van der Waals surface area contributed by atoms with Crippen LogP contribution in [0.15, 0.2) is 41.3 Å². The van der Waals surface area contributed by atoms with Crippen molar-refractivity contribution in [3.05, 3.63) is 41.4 Å². The van der Waals surface area contributed by atoms with E-state index in [1.165, 1.54) is 0 Å². The lowest BCUT2D eigenvalue weighted by Gasteiger charge is -2.27. The lowest BCUT2D eigenvalue weighted by molar-refractivity contribution is -0.118. The fourth-order valence-corrected chi connectivity index (χ4v) is 4.32. The van der Waals surface area contributed by atoms with E-state index < -0.39 is 0 Å². The van der Waals surface area contributed by atoms with Gasteiger partial charge in [-0.05, 0) is 30.5 Å². The quantitative estimate of drug-likeness (QED) is 0.575. The van der Waals surface area contributed by atoms with Crippen molar-refractivity contribution in [2.24, 2.45) is 0 Å². The molecular weight excluding hydrogens is 354 g/mol. The molecule has 0 aliphatic carbocycles. The largest absolute Gasteiger partial charge is 0.355 e. The highest BCUT2D eigenvalue weighted by Crippen LogP contribution is 2.32. The first-order chi connectivity index (χ1) is 12.2. The predicted molar refractivity (Wildman–Crippen MR) is 107 cm³/mol. The molecule has 0 aromatic heterocycles. The van der Waals surface area contributed by atoms with Crippen molar-refractivity contribution >= 4 is 40.0 Å². The van der Waals surface area contributed by atoms with Crippen LogP contribution in [0.25, 0.3) is 10.8 Å². The molecule has 0 atom stereocenters. The van der Waals surface area contributed by atoms with Crippen molar-refractivity contribution in [2.45, 2.75) is 11.3 Å². The third kappa shape index (κ3) is 5.35. The molecule has 4 nitrogen and oxygen atoms in total. The molecule has 1 aliphatic rings.